The number of hydrogen-bond donors (Lipinski definition) is 1. The highest BCUT2D eigenvalue weighted by molar-refractivity contribution is 9.10. The predicted octanol–water partition coefficient (Wildman–Crippen LogP) is 3.95. The number of carbonyl (C=O) groups is 1. The van der Waals surface area contributed by atoms with Crippen molar-refractivity contribution in [1.29, 1.82) is 0 Å². The van der Waals surface area contributed by atoms with Gasteiger partial charge in [0.1, 0.15) is 0 Å². The van der Waals surface area contributed by atoms with Crippen LogP contribution < -0.4 is 10.2 Å². The molecule has 3 aromatic rings. The summed E-state index contributed by atoms with van der Waals surface area (Å²) in [5.41, 5.74) is 0.806. The number of nitrogens with one attached hydrogen (secondary N) is 1. The summed E-state index contributed by atoms with van der Waals surface area (Å²) in [6, 6.07) is 11.6. The van der Waals surface area contributed by atoms with E-state index < -0.39 is 0 Å². The molecule has 8 heteroatoms. The lowest BCUT2D eigenvalue weighted by molar-refractivity contribution is -0.120. The van der Waals surface area contributed by atoms with Gasteiger partial charge in [0.05, 0.1) is 11.6 Å². The minimum absolute atomic E-state index is 0.0525. The molecule has 1 aliphatic rings. The Hall–Kier alpha value is -2.19. The van der Waals surface area contributed by atoms with Crippen LogP contribution in [0.3, 0.4) is 0 Å². The van der Waals surface area contributed by atoms with Gasteiger partial charge in [-0.3, -0.25) is 9.36 Å². The summed E-state index contributed by atoms with van der Waals surface area (Å²) in [5.74, 6) is -0.00784. The van der Waals surface area contributed by atoms with Crippen LogP contribution in [0.1, 0.15) is 12.8 Å². The zero-order valence-corrected chi connectivity index (χ0v) is 16.4. The van der Waals surface area contributed by atoms with Crippen molar-refractivity contribution in [3.8, 4) is 5.13 Å². The van der Waals surface area contributed by atoms with E-state index in [9.17, 15) is 4.79 Å². The number of piperidine rings is 1. The zero-order chi connectivity index (χ0) is 17.9. The van der Waals surface area contributed by atoms with Crippen LogP contribution >= 0.6 is 27.3 Å². The molecule has 1 fully saturated rings. The molecule has 0 saturated carbocycles. The maximum atomic E-state index is 12.7. The third kappa shape index (κ3) is 3.66. The highest BCUT2D eigenvalue weighted by atomic mass is 79.9. The Balaban J connectivity index is 1.44. The summed E-state index contributed by atoms with van der Waals surface area (Å²) in [6.07, 6.45) is 5.76. The molecule has 1 aliphatic heterocycles. The minimum Gasteiger partial charge on any atom is -0.346 e. The van der Waals surface area contributed by atoms with E-state index in [0.29, 0.717) is 6.54 Å². The second kappa shape index (κ2) is 7.59. The fourth-order valence-corrected chi connectivity index (χ4v) is 4.30. The molecule has 3 heterocycles. The smallest absolute Gasteiger partial charge is 0.229 e. The monoisotopic (exact) mass is 431 g/mol. The van der Waals surface area contributed by atoms with Crippen LogP contribution in [0.25, 0.3) is 5.13 Å². The molecule has 1 N–H and O–H groups in total. The van der Waals surface area contributed by atoms with Gasteiger partial charge in [0.15, 0.2) is 0 Å². The number of amides is 1. The molecule has 2 aromatic heterocycles. The van der Waals surface area contributed by atoms with E-state index in [4.69, 9.17) is 0 Å². The Morgan fingerprint density at radius 2 is 1.92 bits per heavy atom. The number of benzene rings is 1. The quantitative estimate of drug-likeness (QED) is 0.679. The highest BCUT2D eigenvalue weighted by Gasteiger charge is 2.28. The van der Waals surface area contributed by atoms with Crippen LogP contribution in [0, 0.1) is 5.92 Å². The molecule has 1 saturated heterocycles. The largest absolute Gasteiger partial charge is 0.346 e. The summed E-state index contributed by atoms with van der Waals surface area (Å²) in [7, 11) is 0. The fraction of sp³-hybridized carbons (Fsp3) is 0.278. The fourth-order valence-electron chi connectivity index (χ4n) is 3.06. The number of carbonyl (C=O) groups excluding carboxylic acids is 1. The molecule has 1 amide bonds. The predicted molar refractivity (Wildman–Crippen MR) is 107 cm³/mol. The van der Waals surface area contributed by atoms with Gasteiger partial charge in [0.25, 0.3) is 0 Å². The van der Waals surface area contributed by atoms with Crippen LogP contribution in [0.5, 0.6) is 0 Å². The van der Waals surface area contributed by atoms with Crippen LogP contribution in [-0.2, 0) is 4.79 Å². The summed E-state index contributed by atoms with van der Waals surface area (Å²) in [5, 5.41) is 13.3. The molecule has 134 valence electrons. The van der Waals surface area contributed by atoms with Crippen molar-refractivity contribution < 1.29 is 4.79 Å². The van der Waals surface area contributed by atoms with Gasteiger partial charge in [-0.25, -0.2) is 0 Å². The van der Waals surface area contributed by atoms with Gasteiger partial charge >= 0.3 is 0 Å². The number of para-hydroxylation sites is 1. The first kappa shape index (κ1) is 17.2. The second-order valence-electron chi connectivity index (χ2n) is 6.21. The lowest BCUT2D eigenvalue weighted by Gasteiger charge is -2.31. The first-order chi connectivity index (χ1) is 12.7. The van der Waals surface area contributed by atoms with Crippen molar-refractivity contribution in [3.63, 3.8) is 0 Å². The van der Waals surface area contributed by atoms with E-state index >= 15 is 0 Å². The van der Waals surface area contributed by atoms with Crippen molar-refractivity contribution in [2.45, 2.75) is 12.8 Å². The van der Waals surface area contributed by atoms with Gasteiger partial charge in [0.2, 0.25) is 16.2 Å². The summed E-state index contributed by atoms with van der Waals surface area (Å²) in [4.78, 5) is 14.9. The molecule has 0 spiro atoms. The van der Waals surface area contributed by atoms with E-state index in [1.807, 2.05) is 53.4 Å². The van der Waals surface area contributed by atoms with Gasteiger partial charge in [-0.15, -0.1) is 10.2 Å². The number of nitrogens with zero attached hydrogens (tertiary/aromatic N) is 4. The Bertz CT molecular complexity index is 895. The second-order valence-corrected chi connectivity index (χ2v) is 8.00. The first-order valence-corrected chi connectivity index (χ1v) is 10.1. The van der Waals surface area contributed by atoms with Gasteiger partial charge < -0.3 is 10.2 Å². The molecule has 4 rings (SSSR count). The average Bonchev–Trinajstić information content (AvgIpc) is 3.35. The molecule has 1 aromatic carbocycles. The summed E-state index contributed by atoms with van der Waals surface area (Å²) in [6.45, 7) is 1.57. The van der Waals surface area contributed by atoms with E-state index in [-0.39, 0.29) is 11.8 Å². The van der Waals surface area contributed by atoms with Crippen molar-refractivity contribution >= 4 is 44.0 Å². The minimum atomic E-state index is -0.0604. The van der Waals surface area contributed by atoms with Crippen LogP contribution in [-0.4, -0.2) is 33.8 Å². The number of rotatable bonds is 4. The first-order valence-electron chi connectivity index (χ1n) is 8.48. The lowest BCUT2D eigenvalue weighted by Crippen LogP contribution is -2.40. The number of halogens is 1. The Kier molecular flexibility index (Phi) is 5.03. The normalized spacial score (nSPS) is 17.3. The van der Waals surface area contributed by atoms with E-state index in [1.165, 1.54) is 0 Å². The SMILES string of the molecule is O=C(Nc1ccccc1Br)[C@H]1CCCN(c2nnc(-n3cccc3)s2)C1. The van der Waals surface area contributed by atoms with Crippen LogP contribution in [0.2, 0.25) is 0 Å². The zero-order valence-electron chi connectivity index (χ0n) is 14.0. The average molecular weight is 432 g/mol. The Morgan fingerprint density at radius 3 is 2.73 bits per heavy atom. The van der Waals surface area contributed by atoms with Crippen LogP contribution in [0.4, 0.5) is 10.8 Å². The standard InChI is InChI=1S/C18H18BrN5OS/c19-14-7-1-2-8-15(14)20-16(25)13-6-5-11-24(12-13)18-22-21-17(26-18)23-9-3-4-10-23/h1-4,7-10,13H,5-6,11-12H2,(H,20,25)/t13-/m0/s1. The van der Waals surface area contributed by atoms with Gasteiger partial charge in [0, 0.05) is 30.0 Å². The van der Waals surface area contributed by atoms with E-state index in [0.717, 1.165) is 39.8 Å². The topological polar surface area (TPSA) is 63.1 Å². The molecule has 0 bridgehead atoms. The van der Waals surface area contributed by atoms with Crippen molar-refractivity contribution in [2.75, 3.05) is 23.3 Å². The molecule has 0 radical (unpaired) electrons. The number of aromatic nitrogens is 3. The van der Waals surface area contributed by atoms with Gasteiger partial charge in [-0.2, -0.15) is 0 Å². The third-order valence-electron chi connectivity index (χ3n) is 4.42. The van der Waals surface area contributed by atoms with E-state index in [2.05, 4.69) is 36.3 Å². The summed E-state index contributed by atoms with van der Waals surface area (Å²) < 4.78 is 2.84. The van der Waals surface area contributed by atoms with Gasteiger partial charge in [-0.1, -0.05) is 23.5 Å². The molecule has 0 aliphatic carbocycles. The van der Waals surface area contributed by atoms with Crippen LogP contribution in [0.15, 0.2) is 53.3 Å². The Morgan fingerprint density at radius 1 is 1.15 bits per heavy atom. The van der Waals surface area contributed by atoms with E-state index in [1.54, 1.807) is 11.3 Å². The highest BCUT2D eigenvalue weighted by Crippen LogP contribution is 2.29. The lowest BCUT2D eigenvalue weighted by atomic mass is 9.97. The molecular weight excluding hydrogens is 414 g/mol. The maximum absolute atomic E-state index is 12.7. The maximum Gasteiger partial charge on any atom is 0.229 e. The van der Waals surface area contributed by atoms with Gasteiger partial charge in [-0.05, 0) is 53.0 Å². The molecule has 26 heavy (non-hydrogen) atoms. The summed E-state index contributed by atoms with van der Waals surface area (Å²) >= 11 is 5.02. The number of anilines is 2. The third-order valence-corrected chi connectivity index (χ3v) is 6.11. The molecule has 1 atom stereocenters. The number of hydrogen-bond acceptors (Lipinski definition) is 5. The van der Waals surface area contributed by atoms with Crippen molar-refractivity contribution in [2.24, 2.45) is 5.92 Å². The van der Waals surface area contributed by atoms with Crippen molar-refractivity contribution in [3.05, 3.63) is 53.3 Å². The molecule has 6 nitrogen and oxygen atoms in total. The Labute approximate surface area is 164 Å². The molecular formula is C18H18BrN5OS. The molecule has 0 unspecified atom stereocenters. The van der Waals surface area contributed by atoms with Crippen molar-refractivity contribution in [1.82, 2.24) is 14.8 Å².